The van der Waals surface area contributed by atoms with E-state index in [1.165, 1.54) is 0 Å². The fraction of sp³-hybridized carbons (Fsp3) is 0.533. The molecule has 1 aromatic rings. The average molecular weight is 329 g/mol. The molecular formula is C15H23NO5S. The Labute approximate surface area is 131 Å². The van der Waals surface area contributed by atoms with Crippen molar-refractivity contribution in [2.45, 2.75) is 27.2 Å². The molecule has 0 atom stereocenters. The number of nitrogens with one attached hydrogen (secondary N) is 1. The van der Waals surface area contributed by atoms with Gasteiger partial charge in [0.1, 0.15) is 5.75 Å². The lowest BCUT2D eigenvalue weighted by Gasteiger charge is -2.20. The third-order valence-corrected chi connectivity index (χ3v) is 3.63. The van der Waals surface area contributed by atoms with Crippen LogP contribution in [0.4, 0.5) is 0 Å². The van der Waals surface area contributed by atoms with Gasteiger partial charge in [-0.15, -0.1) is 0 Å². The van der Waals surface area contributed by atoms with E-state index < -0.39 is 15.9 Å². The van der Waals surface area contributed by atoms with Crippen LogP contribution in [0.5, 0.6) is 5.75 Å². The molecule has 0 aliphatic rings. The van der Waals surface area contributed by atoms with E-state index in [2.05, 4.69) is 26.1 Å². The quantitative estimate of drug-likeness (QED) is 0.778. The summed E-state index contributed by atoms with van der Waals surface area (Å²) in [5, 5.41) is 2.46. The van der Waals surface area contributed by atoms with Crippen molar-refractivity contribution in [3.63, 3.8) is 0 Å². The zero-order chi connectivity index (χ0) is 17.0. The summed E-state index contributed by atoms with van der Waals surface area (Å²) < 4.78 is 35.2. The van der Waals surface area contributed by atoms with E-state index in [1.54, 1.807) is 25.3 Å². The number of hydrogen-bond donors (Lipinski definition) is 2. The maximum atomic E-state index is 12.0. The van der Waals surface area contributed by atoms with Crippen LogP contribution in [0.3, 0.4) is 0 Å². The Morgan fingerprint density at radius 3 is 2.45 bits per heavy atom. The van der Waals surface area contributed by atoms with Crippen molar-refractivity contribution < 1.29 is 22.5 Å². The lowest BCUT2D eigenvalue weighted by Crippen LogP contribution is -2.29. The molecule has 1 amide bonds. The molecule has 0 saturated carbocycles. The highest BCUT2D eigenvalue weighted by Gasteiger charge is 2.17. The van der Waals surface area contributed by atoms with Gasteiger partial charge in [-0.05, 0) is 35.6 Å². The SMILES string of the molecule is COc1ccc(C(=O)NCCS(=O)(=O)O)cc1CC(C)(C)C. The molecule has 6 nitrogen and oxygen atoms in total. The van der Waals surface area contributed by atoms with E-state index in [9.17, 15) is 13.2 Å². The monoisotopic (exact) mass is 329 g/mol. The van der Waals surface area contributed by atoms with E-state index in [4.69, 9.17) is 9.29 Å². The van der Waals surface area contributed by atoms with Gasteiger partial charge >= 0.3 is 0 Å². The molecule has 0 aromatic heterocycles. The maximum Gasteiger partial charge on any atom is 0.266 e. The molecule has 0 unspecified atom stereocenters. The number of carbonyl (C=O) groups excluding carboxylic acids is 1. The van der Waals surface area contributed by atoms with Crippen LogP contribution in [0, 0.1) is 5.41 Å². The predicted molar refractivity (Wildman–Crippen MR) is 84.9 cm³/mol. The molecular weight excluding hydrogens is 306 g/mol. The second-order valence-corrected chi connectivity index (χ2v) is 7.88. The van der Waals surface area contributed by atoms with Crippen molar-refractivity contribution in [3.8, 4) is 5.75 Å². The van der Waals surface area contributed by atoms with E-state index in [0.717, 1.165) is 12.0 Å². The summed E-state index contributed by atoms with van der Waals surface area (Å²) in [4.78, 5) is 12.0. The van der Waals surface area contributed by atoms with Crippen LogP contribution in [0.25, 0.3) is 0 Å². The van der Waals surface area contributed by atoms with Crippen molar-refractivity contribution in [2.75, 3.05) is 19.4 Å². The minimum atomic E-state index is -4.08. The lowest BCUT2D eigenvalue weighted by molar-refractivity contribution is 0.0956. The predicted octanol–water partition coefficient (Wildman–Crippen LogP) is 1.90. The van der Waals surface area contributed by atoms with Gasteiger partial charge in [0.2, 0.25) is 0 Å². The topological polar surface area (TPSA) is 92.7 Å². The van der Waals surface area contributed by atoms with Crippen molar-refractivity contribution in [3.05, 3.63) is 29.3 Å². The Kier molecular flexibility index (Phi) is 5.96. The van der Waals surface area contributed by atoms with E-state index in [0.29, 0.717) is 11.3 Å². The van der Waals surface area contributed by atoms with Crippen LogP contribution in [0.1, 0.15) is 36.7 Å². The highest BCUT2D eigenvalue weighted by atomic mass is 32.2. The minimum absolute atomic E-state index is 0.0351. The molecule has 0 fully saturated rings. The molecule has 0 aliphatic carbocycles. The largest absolute Gasteiger partial charge is 0.496 e. The number of hydrogen-bond acceptors (Lipinski definition) is 4. The second kappa shape index (κ2) is 7.11. The van der Waals surface area contributed by atoms with Gasteiger partial charge in [0, 0.05) is 12.1 Å². The molecule has 22 heavy (non-hydrogen) atoms. The summed E-state index contributed by atoms with van der Waals surface area (Å²) in [7, 11) is -2.50. The molecule has 1 rings (SSSR count). The van der Waals surface area contributed by atoms with Gasteiger partial charge in [-0.1, -0.05) is 20.8 Å². The molecule has 124 valence electrons. The molecule has 0 heterocycles. The van der Waals surface area contributed by atoms with Crippen LogP contribution in [0.15, 0.2) is 18.2 Å². The average Bonchev–Trinajstić information content (AvgIpc) is 2.35. The molecule has 0 spiro atoms. The van der Waals surface area contributed by atoms with Crippen molar-refractivity contribution in [2.24, 2.45) is 5.41 Å². The summed E-state index contributed by atoms with van der Waals surface area (Å²) in [5.74, 6) is -0.185. The van der Waals surface area contributed by atoms with Crippen LogP contribution in [-0.2, 0) is 16.5 Å². The smallest absolute Gasteiger partial charge is 0.266 e. The van der Waals surface area contributed by atoms with E-state index in [-0.39, 0.29) is 17.9 Å². The summed E-state index contributed by atoms with van der Waals surface area (Å²) in [6.07, 6.45) is 0.738. The first-order valence-corrected chi connectivity index (χ1v) is 8.53. The van der Waals surface area contributed by atoms with Gasteiger partial charge in [-0.3, -0.25) is 9.35 Å². The summed E-state index contributed by atoms with van der Waals surface area (Å²) in [6, 6.07) is 5.08. The first-order chi connectivity index (χ1) is 10.0. The summed E-state index contributed by atoms with van der Waals surface area (Å²) in [5.41, 5.74) is 1.38. The number of rotatable bonds is 6. The Balaban J connectivity index is 2.87. The van der Waals surface area contributed by atoms with Gasteiger partial charge in [0.25, 0.3) is 16.0 Å². The summed E-state index contributed by atoms with van der Waals surface area (Å²) in [6.45, 7) is 6.13. The van der Waals surface area contributed by atoms with Crippen molar-refractivity contribution in [1.29, 1.82) is 0 Å². The normalized spacial score (nSPS) is 12.0. The van der Waals surface area contributed by atoms with Crippen LogP contribution in [0.2, 0.25) is 0 Å². The first-order valence-electron chi connectivity index (χ1n) is 6.92. The Bertz CT molecular complexity index is 632. The Morgan fingerprint density at radius 1 is 1.32 bits per heavy atom. The zero-order valence-corrected chi connectivity index (χ0v) is 14.2. The molecule has 0 saturated heterocycles. The molecule has 0 aliphatic heterocycles. The fourth-order valence-electron chi connectivity index (χ4n) is 2.02. The van der Waals surface area contributed by atoms with Crippen LogP contribution in [-0.4, -0.2) is 38.3 Å². The lowest BCUT2D eigenvalue weighted by atomic mass is 9.87. The highest BCUT2D eigenvalue weighted by Crippen LogP contribution is 2.28. The fourth-order valence-corrected chi connectivity index (χ4v) is 2.38. The van der Waals surface area contributed by atoms with Gasteiger partial charge in [0.05, 0.1) is 12.9 Å². The standard InChI is InChI=1S/C15H23NO5S/c1-15(2,3)10-12-9-11(5-6-13(12)21-4)14(17)16-7-8-22(18,19)20/h5-6,9H,7-8,10H2,1-4H3,(H,16,17)(H,18,19,20). The first kappa shape index (κ1) is 18.4. The number of benzene rings is 1. The Morgan fingerprint density at radius 2 is 1.95 bits per heavy atom. The Hall–Kier alpha value is -1.60. The van der Waals surface area contributed by atoms with Crippen molar-refractivity contribution >= 4 is 16.0 Å². The molecule has 1 aromatic carbocycles. The van der Waals surface area contributed by atoms with Gasteiger partial charge in [-0.2, -0.15) is 8.42 Å². The third kappa shape index (κ3) is 6.44. The zero-order valence-electron chi connectivity index (χ0n) is 13.3. The van der Waals surface area contributed by atoms with Gasteiger partial charge < -0.3 is 10.1 Å². The van der Waals surface area contributed by atoms with E-state index >= 15 is 0 Å². The molecule has 0 bridgehead atoms. The number of carbonyl (C=O) groups is 1. The molecule has 7 heteroatoms. The van der Waals surface area contributed by atoms with E-state index in [1.807, 2.05) is 0 Å². The molecule has 2 N–H and O–H groups in total. The second-order valence-electron chi connectivity index (χ2n) is 6.31. The number of amides is 1. The minimum Gasteiger partial charge on any atom is -0.496 e. The molecule has 0 radical (unpaired) electrons. The van der Waals surface area contributed by atoms with Gasteiger partial charge in [-0.25, -0.2) is 0 Å². The maximum absolute atomic E-state index is 12.0. The van der Waals surface area contributed by atoms with Crippen LogP contribution < -0.4 is 10.1 Å². The number of methoxy groups -OCH3 is 1. The number of ether oxygens (including phenoxy) is 1. The third-order valence-electron chi connectivity index (χ3n) is 2.91. The highest BCUT2D eigenvalue weighted by molar-refractivity contribution is 7.85. The van der Waals surface area contributed by atoms with Crippen LogP contribution >= 0.6 is 0 Å². The summed E-state index contributed by atoms with van der Waals surface area (Å²) >= 11 is 0. The van der Waals surface area contributed by atoms with Crippen molar-refractivity contribution in [1.82, 2.24) is 5.32 Å². The van der Waals surface area contributed by atoms with Gasteiger partial charge in [0.15, 0.2) is 0 Å².